The van der Waals surface area contributed by atoms with Gasteiger partial charge < -0.3 is 20.1 Å². The Morgan fingerprint density at radius 3 is 2.81 bits per heavy atom. The summed E-state index contributed by atoms with van der Waals surface area (Å²) in [4.78, 5) is 24.0. The number of ether oxygens (including phenoxy) is 1. The first-order valence-electron chi connectivity index (χ1n) is 6.47. The van der Waals surface area contributed by atoms with Gasteiger partial charge in [0.1, 0.15) is 19.0 Å². The molecular weight excluding hydrogens is 279 g/mol. The van der Waals surface area contributed by atoms with E-state index in [1.807, 2.05) is 0 Å². The summed E-state index contributed by atoms with van der Waals surface area (Å²) in [7, 11) is 1.51. The number of rotatable bonds is 7. The minimum absolute atomic E-state index is 0.0482. The third-order valence-electron chi connectivity index (χ3n) is 2.75. The monoisotopic (exact) mass is 298 g/mol. The van der Waals surface area contributed by atoms with Gasteiger partial charge in [0, 0.05) is 25.3 Å². The van der Waals surface area contributed by atoms with Crippen LogP contribution in [0.4, 0.5) is 14.9 Å². The summed E-state index contributed by atoms with van der Waals surface area (Å²) in [6.07, 6.45) is 0. The van der Waals surface area contributed by atoms with Gasteiger partial charge in [0.15, 0.2) is 0 Å². The molecule has 6 nitrogen and oxygen atoms in total. The van der Waals surface area contributed by atoms with Gasteiger partial charge in [-0.15, -0.1) is 0 Å². The highest BCUT2D eigenvalue weighted by molar-refractivity contribution is 5.89. The number of hydrogen-bond acceptors (Lipinski definition) is 3. The van der Waals surface area contributed by atoms with E-state index in [9.17, 15) is 14.0 Å². The zero-order valence-electron chi connectivity index (χ0n) is 12.0. The van der Waals surface area contributed by atoms with Gasteiger partial charge in [-0.1, -0.05) is 13.0 Å². The lowest BCUT2D eigenvalue weighted by Crippen LogP contribution is -2.36. The highest BCUT2D eigenvalue weighted by Gasteiger charge is 2.17. The number of carboxylic acids is 1. The van der Waals surface area contributed by atoms with Gasteiger partial charge in [0.05, 0.1) is 5.92 Å². The molecular formula is C14H19FN2O4. The fourth-order valence-corrected chi connectivity index (χ4v) is 1.61. The number of nitrogens with zero attached hydrogens (tertiary/aromatic N) is 1. The summed E-state index contributed by atoms with van der Waals surface area (Å²) in [5.74, 6) is -1.16. The maximum atomic E-state index is 12.0. The van der Waals surface area contributed by atoms with E-state index in [0.717, 1.165) is 0 Å². The number of nitrogens with one attached hydrogen (secondary N) is 1. The van der Waals surface area contributed by atoms with Crippen LogP contribution in [0.2, 0.25) is 0 Å². The topological polar surface area (TPSA) is 78.9 Å². The molecule has 0 aliphatic carbocycles. The van der Waals surface area contributed by atoms with Gasteiger partial charge >= 0.3 is 12.0 Å². The molecule has 0 bridgehead atoms. The lowest BCUT2D eigenvalue weighted by Gasteiger charge is -2.20. The standard InChI is InChI=1S/C14H19FN2O4/c1-10(13(18)19)9-17(2)14(20)16-11-4-3-5-12(8-11)21-7-6-15/h3-5,8,10H,6-7,9H2,1-2H3,(H,16,20)(H,18,19). The van der Waals surface area contributed by atoms with Crippen LogP contribution in [0.25, 0.3) is 0 Å². The quantitative estimate of drug-likeness (QED) is 0.809. The third-order valence-corrected chi connectivity index (χ3v) is 2.75. The highest BCUT2D eigenvalue weighted by Crippen LogP contribution is 2.17. The Bertz CT molecular complexity index is 496. The van der Waals surface area contributed by atoms with Crippen LogP contribution >= 0.6 is 0 Å². The molecule has 0 fully saturated rings. The minimum Gasteiger partial charge on any atom is -0.491 e. The van der Waals surface area contributed by atoms with Crippen molar-refractivity contribution in [2.24, 2.45) is 5.92 Å². The fraction of sp³-hybridized carbons (Fsp3) is 0.429. The Morgan fingerprint density at radius 2 is 2.19 bits per heavy atom. The van der Waals surface area contributed by atoms with E-state index in [1.54, 1.807) is 24.3 Å². The summed E-state index contributed by atoms with van der Waals surface area (Å²) in [5, 5.41) is 11.4. The average Bonchev–Trinajstić information content (AvgIpc) is 2.45. The molecule has 0 radical (unpaired) electrons. The molecule has 1 aromatic carbocycles. The first-order chi connectivity index (χ1) is 9.93. The number of carbonyl (C=O) groups is 2. The zero-order chi connectivity index (χ0) is 15.8. The Hall–Kier alpha value is -2.31. The minimum atomic E-state index is -0.962. The van der Waals surface area contributed by atoms with Crippen molar-refractivity contribution >= 4 is 17.7 Å². The predicted octanol–water partition coefficient (Wildman–Crippen LogP) is 2.22. The molecule has 0 saturated carbocycles. The molecule has 2 amide bonds. The first kappa shape index (κ1) is 16.7. The number of urea groups is 1. The Labute approximate surface area is 122 Å². The van der Waals surface area contributed by atoms with Crippen LogP contribution in [0.5, 0.6) is 5.75 Å². The van der Waals surface area contributed by atoms with Crippen LogP contribution in [-0.2, 0) is 4.79 Å². The zero-order valence-corrected chi connectivity index (χ0v) is 12.0. The van der Waals surface area contributed by atoms with E-state index in [2.05, 4.69) is 5.32 Å². The molecule has 0 aromatic heterocycles. The molecule has 0 aliphatic rings. The molecule has 1 rings (SSSR count). The van der Waals surface area contributed by atoms with E-state index in [0.29, 0.717) is 11.4 Å². The second-order valence-electron chi connectivity index (χ2n) is 4.62. The van der Waals surface area contributed by atoms with Gasteiger partial charge in [-0.3, -0.25) is 4.79 Å². The molecule has 2 N–H and O–H groups in total. The van der Waals surface area contributed by atoms with E-state index < -0.39 is 24.6 Å². The number of anilines is 1. The smallest absolute Gasteiger partial charge is 0.321 e. The van der Waals surface area contributed by atoms with Gasteiger partial charge in [-0.25, -0.2) is 9.18 Å². The molecule has 1 atom stereocenters. The van der Waals surface area contributed by atoms with E-state index in [1.165, 1.54) is 18.9 Å². The number of carbonyl (C=O) groups excluding carboxylic acids is 1. The number of hydrogen-bond donors (Lipinski definition) is 2. The lowest BCUT2D eigenvalue weighted by molar-refractivity contribution is -0.141. The summed E-state index contributed by atoms with van der Waals surface area (Å²) in [5.41, 5.74) is 0.492. The first-order valence-corrected chi connectivity index (χ1v) is 6.47. The predicted molar refractivity (Wildman–Crippen MR) is 76.4 cm³/mol. The highest BCUT2D eigenvalue weighted by atomic mass is 19.1. The van der Waals surface area contributed by atoms with Crippen molar-refractivity contribution in [1.82, 2.24) is 4.90 Å². The molecule has 116 valence electrons. The van der Waals surface area contributed by atoms with Gasteiger partial charge in [-0.2, -0.15) is 0 Å². The third kappa shape index (κ3) is 5.68. The Kier molecular flexibility index (Phi) is 6.45. The Morgan fingerprint density at radius 1 is 1.48 bits per heavy atom. The maximum absolute atomic E-state index is 12.0. The molecule has 0 aliphatic heterocycles. The molecule has 0 heterocycles. The van der Waals surface area contributed by atoms with E-state index in [-0.39, 0.29) is 13.2 Å². The molecule has 1 aromatic rings. The summed E-state index contributed by atoms with van der Waals surface area (Å²) >= 11 is 0. The van der Waals surface area contributed by atoms with Crippen LogP contribution in [0.3, 0.4) is 0 Å². The normalized spacial score (nSPS) is 11.6. The van der Waals surface area contributed by atoms with E-state index >= 15 is 0 Å². The van der Waals surface area contributed by atoms with Crippen molar-refractivity contribution in [3.8, 4) is 5.75 Å². The lowest BCUT2D eigenvalue weighted by atomic mass is 10.2. The van der Waals surface area contributed by atoms with Gasteiger partial charge in [-0.05, 0) is 12.1 Å². The van der Waals surface area contributed by atoms with Crippen LogP contribution in [0, 0.1) is 5.92 Å². The largest absolute Gasteiger partial charge is 0.491 e. The Balaban J connectivity index is 2.59. The van der Waals surface area contributed by atoms with Crippen LogP contribution in [0.1, 0.15) is 6.92 Å². The SMILES string of the molecule is CC(CN(C)C(=O)Nc1cccc(OCCF)c1)C(=O)O. The second-order valence-corrected chi connectivity index (χ2v) is 4.62. The fourth-order valence-electron chi connectivity index (χ4n) is 1.61. The van der Waals surface area contributed by atoms with Crippen molar-refractivity contribution in [3.05, 3.63) is 24.3 Å². The summed E-state index contributed by atoms with van der Waals surface area (Å²) in [6.45, 7) is 0.983. The van der Waals surface area contributed by atoms with Crippen molar-refractivity contribution in [1.29, 1.82) is 0 Å². The van der Waals surface area contributed by atoms with Gasteiger partial charge in [0.2, 0.25) is 0 Å². The number of benzene rings is 1. The van der Waals surface area contributed by atoms with Crippen LogP contribution in [-0.4, -0.2) is 48.9 Å². The molecule has 21 heavy (non-hydrogen) atoms. The summed E-state index contributed by atoms with van der Waals surface area (Å²) in [6, 6.07) is 6.13. The van der Waals surface area contributed by atoms with Crippen molar-refractivity contribution in [3.63, 3.8) is 0 Å². The second kappa shape index (κ2) is 8.08. The van der Waals surface area contributed by atoms with E-state index in [4.69, 9.17) is 9.84 Å². The number of carboxylic acid groups (broad SMARTS) is 1. The number of aliphatic carboxylic acids is 1. The van der Waals surface area contributed by atoms with Crippen LogP contribution in [0.15, 0.2) is 24.3 Å². The average molecular weight is 298 g/mol. The van der Waals surface area contributed by atoms with Crippen molar-refractivity contribution < 1.29 is 23.8 Å². The van der Waals surface area contributed by atoms with Gasteiger partial charge in [0.25, 0.3) is 0 Å². The number of amides is 2. The molecule has 0 spiro atoms. The van der Waals surface area contributed by atoms with Crippen molar-refractivity contribution in [2.75, 3.05) is 32.2 Å². The summed E-state index contributed by atoms with van der Waals surface area (Å²) < 4.78 is 17.1. The van der Waals surface area contributed by atoms with Crippen molar-refractivity contribution in [2.45, 2.75) is 6.92 Å². The number of halogens is 1. The molecule has 1 unspecified atom stereocenters. The maximum Gasteiger partial charge on any atom is 0.321 e. The van der Waals surface area contributed by atoms with Crippen LogP contribution < -0.4 is 10.1 Å². The molecule has 7 heteroatoms. The molecule has 0 saturated heterocycles. The number of alkyl halides is 1.